The van der Waals surface area contributed by atoms with Crippen LogP contribution >= 0.6 is 34.8 Å². The highest BCUT2D eigenvalue weighted by molar-refractivity contribution is 6.33. The van der Waals surface area contributed by atoms with Crippen molar-refractivity contribution in [1.82, 2.24) is 29.9 Å². The summed E-state index contributed by atoms with van der Waals surface area (Å²) in [4.78, 5) is 24.9. The Morgan fingerprint density at radius 3 is 1.16 bits per heavy atom. The maximum absolute atomic E-state index is 10.7. The average molecular weight is 970 g/mol. The Kier molecular flexibility index (Phi) is 16.7. The van der Waals surface area contributed by atoms with E-state index in [4.69, 9.17) is 74.2 Å². The van der Waals surface area contributed by atoms with Crippen molar-refractivity contribution in [2.24, 2.45) is 0 Å². The topological polar surface area (TPSA) is 186 Å². The van der Waals surface area contributed by atoms with Crippen LogP contribution in [0.1, 0.15) is 7.43 Å². The van der Waals surface area contributed by atoms with E-state index < -0.39 is 0 Å². The Morgan fingerprint density at radius 1 is 0.353 bits per heavy atom. The number of ether oxygens (including phenoxy) is 3. The summed E-state index contributed by atoms with van der Waals surface area (Å²) in [5.74, 6) is 3.58. The molecular formula is C52H43Cl3N6O7. The van der Waals surface area contributed by atoms with Crippen LogP contribution in [0.15, 0.2) is 158 Å². The van der Waals surface area contributed by atoms with Gasteiger partial charge in [0.1, 0.15) is 40.2 Å². The molecule has 0 amide bonds. The summed E-state index contributed by atoms with van der Waals surface area (Å²) in [5, 5.41) is 43.9. The number of phenols is 4. The highest BCUT2D eigenvalue weighted by Crippen LogP contribution is 2.38. The summed E-state index contributed by atoms with van der Waals surface area (Å²) in [5.41, 5.74) is 1.97. The van der Waals surface area contributed by atoms with Crippen molar-refractivity contribution in [3.05, 3.63) is 174 Å². The number of fused-ring (bicyclic) bond motifs is 3. The van der Waals surface area contributed by atoms with E-state index in [1.165, 1.54) is 41.1 Å². The zero-order valence-corrected chi connectivity index (χ0v) is 38.1. The minimum atomic E-state index is -0.132. The van der Waals surface area contributed by atoms with Crippen molar-refractivity contribution in [2.45, 2.75) is 7.43 Å². The lowest BCUT2D eigenvalue weighted by atomic mass is 10.0. The summed E-state index contributed by atoms with van der Waals surface area (Å²) in [6.45, 7) is 0. The third-order valence-electron chi connectivity index (χ3n) is 9.90. The Bertz CT molecular complexity index is 3170. The van der Waals surface area contributed by atoms with E-state index in [0.717, 1.165) is 49.9 Å². The lowest BCUT2D eigenvalue weighted by molar-refractivity contribution is 0.419. The quantitative estimate of drug-likeness (QED) is 0.123. The maximum atomic E-state index is 10.7. The molecule has 0 aliphatic rings. The summed E-state index contributed by atoms with van der Waals surface area (Å²) in [7, 11) is 4.98. The fraction of sp³-hybridized carbons (Fsp3) is 0.0769. The van der Waals surface area contributed by atoms with Gasteiger partial charge in [-0.25, -0.2) is 15.0 Å². The lowest BCUT2D eigenvalue weighted by Gasteiger charge is -2.14. The zero-order valence-electron chi connectivity index (χ0n) is 35.8. The molecule has 0 atom stereocenters. The van der Waals surface area contributed by atoms with Crippen LogP contribution in [-0.2, 0) is 0 Å². The number of rotatable bonds is 6. The third kappa shape index (κ3) is 11.9. The van der Waals surface area contributed by atoms with Crippen molar-refractivity contribution in [3.8, 4) is 74.4 Å². The maximum Gasteiger partial charge on any atom is 0.227 e. The molecule has 68 heavy (non-hydrogen) atoms. The average Bonchev–Trinajstić information content (AvgIpc) is 3.33. The molecule has 0 saturated carbocycles. The third-order valence-corrected chi connectivity index (χ3v) is 10.4. The molecule has 0 radical (unpaired) electrons. The molecule has 13 nitrogen and oxygen atoms in total. The van der Waals surface area contributed by atoms with Crippen LogP contribution in [0.25, 0.3) is 66.5 Å². The molecule has 0 spiro atoms. The van der Waals surface area contributed by atoms with Crippen molar-refractivity contribution in [2.75, 3.05) is 21.3 Å². The molecule has 8 aromatic carbocycles. The Morgan fingerprint density at radius 2 is 0.721 bits per heavy atom. The molecule has 344 valence electrons. The predicted molar refractivity (Wildman–Crippen MR) is 269 cm³/mol. The van der Waals surface area contributed by atoms with Gasteiger partial charge in [0.05, 0.1) is 26.9 Å². The Labute approximate surface area is 406 Å². The molecule has 0 fully saturated rings. The zero-order chi connectivity index (χ0) is 47.5. The van der Waals surface area contributed by atoms with Gasteiger partial charge < -0.3 is 34.6 Å². The standard InChI is InChI=1S/C31H23N3O4.C11H10O.C6H6O2.C3Cl3N3.CH4/c1-37-27-15-13-23(19-7-3-5-9-21(19)27)29-32-30(34-31(33-29)25-12-11-18(35)17-26(25)36)24-14-16-28(38-2)22-10-6-4-8-20(22)24;1-12-11-8-4-6-9-5-2-3-7-10(9)11;7-5-2-1-3-6(8)4-5;4-1-7-2(5)9-3(6)8-1;/h3-17,35-36H,1-2H3;2-8H,1H3;1-4,7-8H;;1H4. The molecule has 0 unspecified atom stereocenters. The number of benzene rings is 8. The molecule has 0 saturated heterocycles. The number of aromatic hydroxyl groups is 4. The van der Waals surface area contributed by atoms with Gasteiger partial charge in [-0.3, -0.25) is 0 Å². The monoisotopic (exact) mass is 968 g/mol. The molecule has 0 aliphatic carbocycles. The van der Waals surface area contributed by atoms with Crippen molar-refractivity contribution < 1.29 is 34.6 Å². The molecule has 10 rings (SSSR count). The molecular weight excluding hydrogens is 927 g/mol. The number of aromatic nitrogens is 6. The van der Waals surface area contributed by atoms with E-state index in [9.17, 15) is 10.2 Å². The highest BCUT2D eigenvalue weighted by Gasteiger charge is 2.19. The molecule has 0 bridgehead atoms. The van der Waals surface area contributed by atoms with Gasteiger partial charge in [-0.1, -0.05) is 98.4 Å². The van der Waals surface area contributed by atoms with Gasteiger partial charge in [-0.2, -0.15) is 15.0 Å². The molecule has 2 aromatic heterocycles. The SMILES string of the molecule is C.COc1ccc(-c2nc(-c3ccc(O)cc3O)nc(-c3ccc(OC)c4ccccc34)n2)c2ccccc12.COc1cccc2ccccc12.Clc1nc(Cl)nc(Cl)n1.Oc1cccc(O)c1. The number of hydrogen-bond acceptors (Lipinski definition) is 13. The fourth-order valence-corrected chi connectivity index (χ4v) is 7.52. The molecule has 4 N–H and O–H groups in total. The fourth-order valence-electron chi connectivity index (χ4n) is 6.91. The van der Waals surface area contributed by atoms with Gasteiger partial charge in [-0.15, -0.1) is 0 Å². The van der Waals surface area contributed by atoms with Gasteiger partial charge in [0.2, 0.25) is 15.9 Å². The van der Waals surface area contributed by atoms with Crippen LogP contribution < -0.4 is 14.2 Å². The Balaban J connectivity index is 0.000000203. The second kappa shape index (κ2) is 23.0. The largest absolute Gasteiger partial charge is 0.508 e. The van der Waals surface area contributed by atoms with Gasteiger partial charge in [0, 0.05) is 39.4 Å². The highest BCUT2D eigenvalue weighted by atomic mass is 35.5. The van der Waals surface area contributed by atoms with Crippen LogP contribution in [0.4, 0.5) is 0 Å². The number of methoxy groups -OCH3 is 3. The van der Waals surface area contributed by atoms with Crippen LogP contribution in [0.2, 0.25) is 15.9 Å². The molecule has 2 heterocycles. The first-order valence-electron chi connectivity index (χ1n) is 20.1. The number of phenolic OH excluding ortho intramolecular Hbond substituents is 4. The predicted octanol–water partition coefficient (Wildman–Crippen LogP) is 13.0. The van der Waals surface area contributed by atoms with E-state index >= 15 is 0 Å². The van der Waals surface area contributed by atoms with Crippen LogP contribution in [0.3, 0.4) is 0 Å². The van der Waals surface area contributed by atoms with Crippen LogP contribution in [0, 0.1) is 0 Å². The van der Waals surface area contributed by atoms with Crippen molar-refractivity contribution in [3.63, 3.8) is 0 Å². The van der Waals surface area contributed by atoms with Crippen LogP contribution in [0.5, 0.6) is 40.2 Å². The first-order valence-corrected chi connectivity index (χ1v) is 21.2. The second-order valence-electron chi connectivity index (χ2n) is 14.1. The minimum Gasteiger partial charge on any atom is -0.508 e. The van der Waals surface area contributed by atoms with Crippen molar-refractivity contribution >= 4 is 67.1 Å². The summed E-state index contributed by atoms with van der Waals surface area (Å²) >= 11 is 16.0. The Hall–Kier alpha value is -7.97. The number of hydrogen-bond donors (Lipinski definition) is 4. The lowest BCUT2D eigenvalue weighted by Crippen LogP contribution is -2.01. The molecule has 16 heteroatoms. The van der Waals surface area contributed by atoms with E-state index in [-0.39, 0.29) is 52.1 Å². The first-order chi connectivity index (χ1) is 32.5. The minimum absolute atomic E-state index is 0. The first kappa shape index (κ1) is 49.5. The smallest absolute Gasteiger partial charge is 0.227 e. The molecule has 10 aromatic rings. The van der Waals surface area contributed by atoms with Gasteiger partial charge in [0.25, 0.3) is 0 Å². The second-order valence-corrected chi connectivity index (χ2v) is 15.1. The summed E-state index contributed by atoms with van der Waals surface area (Å²) in [6, 6.07) is 47.9. The van der Waals surface area contributed by atoms with E-state index in [1.54, 1.807) is 33.5 Å². The van der Waals surface area contributed by atoms with E-state index in [1.807, 2.05) is 97.1 Å². The van der Waals surface area contributed by atoms with E-state index in [2.05, 4.69) is 33.2 Å². The van der Waals surface area contributed by atoms with E-state index in [0.29, 0.717) is 17.2 Å². The number of halogens is 3. The normalized spacial score (nSPS) is 10.3. The van der Waals surface area contributed by atoms with Gasteiger partial charge >= 0.3 is 0 Å². The summed E-state index contributed by atoms with van der Waals surface area (Å²) in [6.07, 6.45) is 0. The van der Waals surface area contributed by atoms with Crippen molar-refractivity contribution in [1.29, 1.82) is 0 Å². The summed E-state index contributed by atoms with van der Waals surface area (Å²) < 4.78 is 16.4. The van der Waals surface area contributed by atoms with Crippen LogP contribution in [-0.4, -0.2) is 71.7 Å². The van der Waals surface area contributed by atoms with Gasteiger partial charge in [-0.05, 0) is 106 Å². The van der Waals surface area contributed by atoms with Gasteiger partial charge in [0.15, 0.2) is 17.5 Å². The number of nitrogens with zero attached hydrogens (tertiary/aromatic N) is 6. The molecule has 0 aliphatic heterocycles.